The molecular weight excluding hydrogens is 240 g/mol. The van der Waals surface area contributed by atoms with Crippen LogP contribution in [-0.4, -0.2) is 29.7 Å². The van der Waals surface area contributed by atoms with Crippen molar-refractivity contribution in [2.45, 2.75) is 50.4 Å². The molecule has 0 aliphatic carbocycles. The lowest BCUT2D eigenvalue weighted by molar-refractivity contribution is 0.112. The maximum Gasteiger partial charge on any atom is 0.198 e. The van der Waals surface area contributed by atoms with Crippen LogP contribution in [0.2, 0.25) is 0 Å². The van der Waals surface area contributed by atoms with Gasteiger partial charge in [0.1, 0.15) is 0 Å². The number of hydrogen-bond donors (Lipinski definition) is 0. The molecule has 0 amide bonds. The van der Waals surface area contributed by atoms with E-state index in [0.717, 1.165) is 6.42 Å². The Morgan fingerprint density at radius 2 is 2.00 bits per heavy atom. The second-order valence-corrected chi connectivity index (χ2v) is 6.74. The maximum atomic E-state index is 12.2. The second kappa shape index (κ2) is 5.00. The van der Waals surface area contributed by atoms with E-state index < -0.39 is 15.1 Å². The molecule has 17 heavy (non-hydrogen) atoms. The van der Waals surface area contributed by atoms with Gasteiger partial charge in [-0.1, -0.05) is 6.92 Å². The number of aromatic nitrogens is 2. The summed E-state index contributed by atoms with van der Waals surface area (Å²) < 4.78 is 25.8. The number of rotatable bonds is 5. The van der Waals surface area contributed by atoms with Crippen LogP contribution >= 0.6 is 0 Å². The molecule has 0 aromatic carbocycles. The lowest BCUT2D eigenvalue weighted by Crippen LogP contribution is -2.21. The summed E-state index contributed by atoms with van der Waals surface area (Å²) in [7, 11) is -3.49. The lowest BCUT2D eigenvalue weighted by atomic mass is 10.3. The number of carbonyl (C=O) groups excluding carboxylic acids is 1. The minimum atomic E-state index is -3.49. The first kappa shape index (κ1) is 13.9. The van der Waals surface area contributed by atoms with Gasteiger partial charge in [0.25, 0.3) is 0 Å². The van der Waals surface area contributed by atoms with Crippen molar-refractivity contribution in [3.8, 4) is 0 Å². The van der Waals surface area contributed by atoms with Crippen LogP contribution in [0, 0.1) is 0 Å². The third kappa shape index (κ3) is 2.41. The van der Waals surface area contributed by atoms with Crippen LogP contribution in [0.15, 0.2) is 11.2 Å². The zero-order valence-corrected chi connectivity index (χ0v) is 11.4. The van der Waals surface area contributed by atoms with E-state index in [1.54, 1.807) is 13.8 Å². The molecule has 1 aromatic rings. The maximum absolute atomic E-state index is 12.2. The van der Waals surface area contributed by atoms with Crippen LogP contribution in [0.1, 0.15) is 50.5 Å². The van der Waals surface area contributed by atoms with Gasteiger partial charge in [-0.05, 0) is 27.2 Å². The molecule has 1 aromatic heterocycles. The summed E-state index contributed by atoms with van der Waals surface area (Å²) in [6, 6.07) is -0.0489. The predicted octanol–water partition coefficient (Wildman–Crippen LogP) is 1.85. The largest absolute Gasteiger partial charge is 0.298 e. The van der Waals surface area contributed by atoms with Crippen molar-refractivity contribution >= 4 is 16.1 Å². The Bertz CT molecular complexity index is 503. The first-order valence-electron chi connectivity index (χ1n) is 5.62. The van der Waals surface area contributed by atoms with Gasteiger partial charge >= 0.3 is 0 Å². The highest BCUT2D eigenvalue weighted by atomic mass is 32.2. The van der Waals surface area contributed by atoms with E-state index in [1.165, 1.54) is 10.9 Å². The predicted molar refractivity (Wildman–Crippen MR) is 64.9 cm³/mol. The Labute approximate surface area is 102 Å². The van der Waals surface area contributed by atoms with E-state index in [0.29, 0.717) is 6.29 Å². The van der Waals surface area contributed by atoms with Crippen molar-refractivity contribution in [1.29, 1.82) is 0 Å². The van der Waals surface area contributed by atoms with Gasteiger partial charge in [0, 0.05) is 0 Å². The second-order valence-electron chi connectivity index (χ2n) is 4.32. The van der Waals surface area contributed by atoms with Crippen molar-refractivity contribution in [2.75, 3.05) is 0 Å². The summed E-state index contributed by atoms with van der Waals surface area (Å²) in [6.07, 6.45) is 2.61. The molecule has 6 heteroatoms. The first-order valence-corrected chi connectivity index (χ1v) is 7.17. The van der Waals surface area contributed by atoms with E-state index in [1.807, 2.05) is 13.8 Å². The number of aldehydes is 1. The third-order valence-electron chi connectivity index (χ3n) is 2.80. The van der Waals surface area contributed by atoms with Gasteiger partial charge in [0.2, 0.25) is 0 Å². The quantitative estimate of drug-likeness (QED) is 0.756. The minimum absolute atomic E-state index is 0.0388. The van der Waals surface area contributed by atoms with Crippen molar-refractivity contribution in [3.05, 3.63) is 11.8 Å². The van der Waals surface area contributed by atoms with Crippen molar-refractivity contribution < 1.29 is 13.2 Å². The average molecular weight is 258 g/mol. The molecule has 0 N–H and O–H groups in total. The van der Waals surface area contributed by atoms with Gasteiger partial charge in [-0.25, -0.2) is 8.42 Å². The van der Waals surface area contributed by atoms with Crippen molar-refractivity contribution in [1.82, 2.24) is 9.78 Å². The summed E-state index contributed by atoms with van der Waals surface area (Å²) in [5.41, 5.74) is 0.138. The summed E-state index contributed by atoms with van der Waals surface area (Å²) in [6.45, 7) is 7.01. The van der Waals surface area contributed by atoms with Gasteiger partial charge in [0.15, 0.2) is 21.1 Å². The smallest absolute Gasteiger partial charge is 0.198 e. The van der Waals surface area contributed by atoms with E-state index in [9.17, 15) is 13.2 Å². The highest BCUT2D eigenvalue weighted by Crippen LogP contribution is 2.23. The molecule has 0 aliphatic heterocycles. The van der Waals surface area contributed by atoms with E-state index in [2.05, 4.69) is 5.10 Å². The SMILES string of the molecule is CCC(C)n1ncc(C=O)c1S(=O)(=O)C(C)C. The van der Waals surface area contributed by atoms with Crippen LogP contribution in [0.5, 0.6) is 0 Å². The van der Waals surface area contributed by atoms with Crippen LogP contribution in [0.25, 0.3) is 0 Å². The fraction of sp³-hybridized carbons (Fsp3) is 0.636. The number of nitrogens with zero attached hydrogens (tertiary/aromatic N) is 2. The molecule has 0 bridgehead atoms. The molecule has 1 unspecified atom stereocenters. The van der Waals surface area contributed by atoms with E-state index in [-0.39, 0.29) is 16.6 Å². The van der Waals surface area contributed by atoms with Gasteiger partial charge < -0.3 is 0 Å². The van der Waals surface area contributed by atoms with Crippen molar-refractivity contribution in [3.63, 3.8) is 0 Å². The molecule has 96 valence electrons. The van der Waals surface area contributed by atoms with Gasteiger partial charge in [0.05, 0.1) is 23.1 Å². The molecule has 0 spiro atoms. The highest BCUT2D eigenvalue weighted by Gasteiger charge is 2.29. The highest BCUT2D eigenvalue weighted by molar-refractivity contribution is 7.92. The Balaban J connectivity index is 3.49. The summed E-state index contributed by atoms with van der Waals surface area (Å²) >= 11 is 0. The topological polar surface area (TPSA) is 69.0 Å². The van der Waals surface area contributed by atoms with Crippen LogP contribution in [0.4, 0.5) is 0 Å². The zero-order chi connectivity index (χ0) is 13.2. The Morgan fingerprint density at radius 1 is 1.41 bits per heavy atom. The van der Waals surface area contributed by atoms with Crippen LogP contribution in [-0.2, 0) is 9.84 Å². The Morgan fingerprint density at radius 3 is 2.41 bits per heavy atom. The van der Waals surface area contributed by atoms with E-state index >= 15 is 0 Å². The normalized spacial score (nSPS) is 13.9. The van der Waals surface area contributed by atoms with Gasteiger partial charge in [-0.15, -0.1) is 0 Å². The molecule has 0 radical (unpaired) electrons. The van der Waals surface area contributed by atoms with Gasteiger partial charge in [-0.2, -0.15) is 5.10 Å². The molecule has 1 atom stereocenters. The van der Waals surface area contributed by atoms with Crippen LogP contribution in [0.3, 0.4) is 0 Å². The first-order chi connectivity index (χ1) is 7.86. The Kier molecular flexibility index (Phi) is 4.08. The monoisotopic (exact) mass is 258 g/mol. The number of sulfone groups is 1. The number of hydrogen-bond acceptors (Lipinski definition) is 4. The summed E-state index contributed by atoms with van der Waals surface area (Å²) in [5.74, 6) is 0. The molecule has 1 heterocycles. The molecular formula is C11H18N2O3S. The standard InChI is InChI=1S/C11H18N2O3S/c1-5-9(4)13-11(10(7-14)6-12-13)17(15,16)8(2)3/h6-9H,5H2,1-4H3. The summed E-state index contributed by atoms with van der Waals surface area (Å²) in [4.78, 5) is 10.9. The average Bonchev–Trinajstić information content (AvgIpc) is 2.71. The summed E-state index contributed by atoms with van der Waals surface area (Å²) in [5, 5.41) is 3.48. The lowest BCUT2D eigenvalue weighted by Gasteiger charge is -2.15. The molecule has 0 fully saturated rings. The fourth-order valence-electron chi connectivity index (χ4n) is 1.45. The van der Waals surface area contributed by atoms with E-state index in [4.69, 9.17) is 0 Å². The zero-order valence-electron chi connectivity index (χ0n) is 10.5. The third-order valence-corrected chi connectivity index (χ3v) is 5.00. The molecule has 0 aliphatic rings. The van der Waals surface area contributed by atoms with Crippen LogP contribution < -0.4 is 0 Å². The van der Waals surface area contributed by atoms with Crippen molar-refractivity contribution in [2.24, 2.45) is 0 Å². The molecule has 1 rings (SSSR count). The molecule has 0 saturated carbocycles. The molecule has 0 saturated heterocycles. The Hall–Kier alpha value is -1.17. The minimum Gasteiger partial charge on any atom is -0.298 e. The fourth-order valence-corrected chi connectivity index (χ4v) is 2.81. The number of carbonyl (C=O) groups is 1. The molecule has 5 nitrogen and oxygen atoms in total. The van der Waals surface area contributed by atoms with Gasteiger partial charge in [-0.3, -0.25) is 9.48 Å².